The van der Waals surface area contributed by atoms with Gasteiger partial charge >= 0.3 is 0 Å². The number of pyridine rings is 1. The van der Waals surface area contributed by atoms with Crippen LogP contribution in [0.5, 0.6) is 0 Å². The Morgan fingerprint density at radius 2 is 1.92 bits per heavy atom. The average Bonchev–Trinajstić information content (AvgIpc) is 2.64. The van der Waals surface area contributed by atoms with Gasteiger partial charge in [-0.25, -0.2) is 5.43 Å². The van der Waals surface area contributed by atoms with E-state index < -0.39 is 16.7 Å². The van der Waals surface area contributed by atoms with E-state index in [4.69, 9.17) is 0 Å². The molecule has 0 saturated heterocycles. The number of hydrazone groups is 1. The minimum Gasteiger partial charge on any atom is -0.343 e. The topological polar surface area (TPSA) is 127 Å². The van der Waals surface area contributed by atoms with Gasteiger partial charge in [0.15, 0.2) is 0 Å². The Kier molecular flexibility index (Phi) is 5.88. The third kappa shape index (κ3) is 5.20. The van der Waals surface area contributed by atoms with Crippen molar-refractivity contribution in [3.05, 3.63) is 70.0 Å². The predicted octanol–water partition coefficient (Wildman–Crippen LogP) is 1.26. The average molecular weight is 341 g/mol. The minimum absolute atomic E-state index is 0.0290. The Morgan fingerprint density at radius 1 is 1.20 bits per heavy atom. The molecule has 1 heterocycles. The highest BCUT2D eigenvalue weighted by atomic mass is 16.6. The van der Waals surface area contributed by atoms with Crippen LogP contribution in [-0.4, -0.2) is 34.0 Å². The van der Waals surface area contributed by atoms with Gasteiger partial charge in [-0.15, -0.1) is 0 Å². The van der Waals surface area contributed by atoms with Crippen molar-refractivity contribution < 1.29 is 14.5 Å². The summed E-state index contributed by atoms with van der Waals surface area (Å²) in [6, 6.07) is 8.97. The highest BCUT2D eigenvalue weighted by molar-refractivity contribution is 6.00. The molecule has 0 bridgehead atoms. The molecule has 9 heteroatoms. The molecule has 128 valence electrons. The van der Waals surface area contributed by atoms with Gasteiger partial charge in [0.1, 0.15) is 0 Å². The van der Waals surface area contributed by atoms with Crippen LogP contribution >= 0.6 is 0 Å². The van der Waals surface area contributed by atoms with Gasteiger partial charge in [0.2, 0.25) is 0 Å². The van der Waals surface area contributed by atoms with Gasteiger partial charge in [-0.1, -0.05) is 0 Å². The summed E-state index contributed by atoms with van der Waals surface area (Å²) in [4.78, 5) is 37.4. The molecule has 2 amide bonds. The monoisotopic (exact) mass is 341 g/mol. The molecule has 2 N–H and O–H groups in total. The van der Waals surface area contributed by atoms with Crippen LogP contribution in [0.4, 0.5) is 5.69 Å². The number of amides is 2. The van der Waals surface area contributed by atoms with Crippen molar-refractivity contribution in [1.82, 2.24) is 15.7 Å². The molecular formula is C16H15N5O4. The Bertz CT molecular complexity index is 803. The van der Waals surface area contributed by atoms with Crippen molar-refractivity contribution in [2.75, 3.05) is 6.54 Å². The lowest BCUT2D eigenvalue weighted by Crippen LogP contribution is -2.35. The van der Waals surface area contributed by atoms with E-state index in [-0.39, 0.29) is 12.2 Å². The normalized spacial score (nSPS) is 10.8. The fraction of sp³-hybridized carbons (Fsp3) is 0.125. The van der Waals surface area contributed by atoms with Crippen molar-refractivity contribution in [2.45, 2.75) is 6.92 Å². The van der Waals surface area contributed by atoms with Crippen molar-refractivity contribution in [1.29, 1.82) is 0 Å². The van der Waals surface area contributed by atoms with E-state index in [2.05, 4.69) is 20.8 Å². The van der Waals surface area contributed by atoms with E-state index in [1.165, 1.54) is 30.5 Å². The third-order valence-electron chi connectivity index (χ3n) is 3.18. The molecule has 0 aliphatic heterocycles. The fourth-order valence-corrected chi connectivity index (χ4v) is 1.83. The van der Waals surface area contributed by atoms with E-state index in [0.29, 0.717) is 16.8 Å². The molecule has 1 aromatic heterocycles. The summed E-state index contributed by atoms with van der Waals surface area (Å²) in [5.41, 5.74) is 3.73. The van der Waals surface area contributed by atoms with E-state index in [9.17, 15) is 19.7 Å². The van der Waals surface area contributed by atoms with Gasteiger partial charge in [0, 0.05) is 24.5 Å². The van der Waals surface area contributed by atoms with Crippen molar-refractivity contribution in [3.8, 4) is 0 Å². The first kappa shape index (κ1) is 17.7. The van der Waals surface area contributed by atoms with Crippen molar-refractivity contribution in [2.24, 2.45) is 5.10 Å². The SMILES string of the molecule is C/C(=N\NC(=O)CNC(=O)c1cccnc1)c1ccc([N+](=O)[O-])cc1. The highest BCUT2D eigenvalue weighted by Crippen LogP contribution is 2.12. The number of aromatic nitrogens is 1. The van der Waals surface area contributed by atoms with Crippen molar-refractivity contribution >= 4 is 23.2 Å². The van der Waals surface area contributed by atoms with Gasteiger partial charge in [-0.2, -0.15) is 5.10 Å². The molecular weight excluding hydrogens is 326 g/mol. The minimum atomic E-state index is -0.501. The molecule has 1 aromatic carbocycles. The standard InChI is InChI=1S/C16H15N5O4/c1-11(12-4-6-14(7-5-12)21(24)25)19-20-15(22)10-18-16(23)13-3-2-8-17-9-13/h2-9H,10H2,1H3,(H,18,23)(H,20,22)/b19-11+. The summed E-state index contributed by atoms with van der Waals surface area (Å²) in [6.45, 7) is 1.40. The van der Waals surface area contributed by atoms with Crippen LogP contribution in [0, 0.1) is 10.1 Å². The molecule has 0 unspecified atom stereocenters. The number of non-ortho nitro benzene ring substituents is 1. The maximum absolute atomic E-state index is 11.8. The number of nitro groups is 1. The fourth-order valence-electron chi connectivity index (χ4n) is 1.83. The summed E-state index contributed by atoms with van der Waals surface area (Å²) < 4.78 is 0. The number of hydrogen-bond donors (Lipinski definition) is 2. The summed E-state index contributed by atoms with van der Waals surface area (Å²) in [7, 11) is 0. The lowest BCUT2D eigenvalue weighted by molar-refractivity contribution is -0.384. The van der Waals surface area contributed by atoms with Gasteiger partial charge in [-0.3, -0.25) is 24.7 Å². The van der Waals surface area contributed by atoms with Crippen molar-refractivity contribution in [3.63, 3.8) is 0 Å². The van der Waals surface area contributed by atoms with Crippen LogP contribution in [0.3, 0.4) is 0 Å². The lowest BCUT2D eigenvalue weighted by Gasteiger charge is -2.05. The van der Waals surface area contributed by atoms with Crippen LogP contribution in [-0.2, 0) is 4.79 Å². The Balaban J connectivity index is 1.86. The second-order valence-electron chi connectivity index (χ2n) is 4.96. The third-order valence-corrected chi connectivity index (χ3v) is 3.18. The first-order valence-electron chi connectivity index (χ1n) is 7.23. The maximum Gasteiger partial charge on any atom is 0.269 e. The lowest BCUT2D eigenvalue weighted by atomic mass is 10.1. The summed E-state index contributed by atoms with van der Waals surface area (Å²) >= 11 is 0. The smallest absolute Gasteiger partial charge is 0.269 e. The van der Waals surface area contributed by atoms with Gasteiger partial charge in [-0.05, 0) is 36.8 Å². The number of nitro benzene ring substituents is 1. The van der Waals surface area contributed by atoms with Crippen LogP contribution in [0.25, 0.3) is 0 Å². The molecule has 0 spiro atoms. The highest BCUT2D eigenvalue weighted by Gasteiger charge is 2.08. The molecule has 0 fully saturated rings. The maximum atomic E-state index is 11.8. The number of nitrogens with zero attached hydrogens (tertiary/aromatic N) is 3. The number of nitrogens with one attached hydrogen (secondary N) is 2. The molecule has 25 heavy (non-hydrogen) atoms. The summed E-state index contributed by atoms with van der Waals surface area (Å²) in [5, 5.41) is 17.0. The van der Waals surface area contributed by atoms with E-state index in [1.54, 1.807) is 25.3 Å². The Morgan fingerprint density at radius 3 is 2.52 bits per heavy atom. The van der Waals surface area contributed by atoms with Gasteiger partial charge in [0.25, 0.3) is 17.5 Å². The number of carbonyl (C=O) groups is 2. The molecule has 0 atom stereocenters. The van der Waals surface area contributed by atoms with Gasteiger partial charge in [0.05, 0.1) is 22.7 Å². The quantitative estimate of drug-likeness (QED) is 0.464. The van der Waals surface area contributed by atoms with E-state index >= 15 is 0 Å². The Hall–Kier alpha value is -3.62. The molecule has 2 rings (SSSR count). The molecule has 0 radical (unpaired) electrons. The number of hydrogen-bond acceptors (Lipinski definition) is 6. The Labute approximate surface area is 142 Å². The summed E-state index contributed by atoms with van der Waals surface area (Å²) in [5.74, 6) is -0.919. The van der Waals surface area contributed by atoms with Crippen LogP contribution in [0.1, 0.15) is 22.8 Å². The zero-order chi connectivity index (χ0) is 18.2. The van der Waals surface area contributed by atoms with Crippen LogP contribution in [0.2, 0.25) is 0 Å². The molecule has 0 aliphatic carbocycles. The number of rotatable bonds is 6. The van der Waals surface area contributed by atoms with E-state index in [0.717, 1.165) is 0 Å². The predicted molar refractivity (Wildman–Crippen MR) is 90.0 cm³/mol. The largest absolute Gasteiger partial charge is 0.343 e. The summed E-state index contributed by atoms with van der Waals surface area (Å²) in [6.07, 6.45) is 2.93. The first-order chi connectivity index (χ1) is 12.0. The second-order valence-corrected chi connectivity index (χ2v) is 4.96. The second kappa shape index (κ2) is 8.29. The van der Waals surface area contributed by atoms with Crippen LogP contribution in [0.15, 0.2) is 53.9 Å². The van der Waals surface area contributed by atoms with E-state index in [1.807, 2.05) is 0 Å². The molecule has 0 aliphatic rings. The zero-order valence-electron chi connectivity index (χ0n) is 13.3. The van der Waals surface area contributed by atoms with Crippen LogP contribution < -0.4 is 10.7 Å². The number of benzene rings is 1. The first-order valence-corrected chi connectivity index (χ1v) is 7.23. The van der Waals surface area contributed by atoms with Gasteiger partial charge < -0.3 is 5.32 Å². The molecule has 0 saturated carbocycles. The molecule has 2 aromatic rings. The number of carbonyl (C=O) groups excluding carboxylic acids is 2. The molecule has 9 nitrogen and oxygen atoms in total. The zero-order valence-corrected chi connectivity index (χ0v) is 13.3.